The summed E-state index contributed by atoms with van der Waals surface area (Å²) in [6.07, 6.45) is 4.63. The van der Waals surface area contributed by atoms with Crippen molar-refractivity contribution in [2.45, 2.75) is 19.4 Å². The first-order chi connectivity index (χ1) is 7.66. The SMILES string of the molecule is Cc1cc(CC(O)c2cncnc2)n(C)n1. The number of nitrogens with zero attached hydrogens (tertiary/aromatic N) is 4. The van der Waals surface area contributed by atoms with Gasteiger partial charge < -0.3 is 5.11 Å². The van der Waals surface area contributed by atoms with Crippen LogP contribution in [0.25, 0.3) is 0 Å². The lowest BCUT2D eigenvalue weighted by molar-refractivity contribution is 0.175. The van der Waals surface area contributed by atoms with Crippen LogP contribution in [-0.4, -0.2) is 24.9 Å². The molecular weight excluding hydrogens is 204 g/mol. The molecule has 0 aliphatic carbocycles. The highest BCUT2D eigenvalue weighted by Gasteiger charge is 2.12. The monoisotopic (exact) mass is 218 g/mol. The highest BCUT2D eigenvalue weighted by Crippen LogP contribution is 2.16. The Kier molecular flexibility index (Phi) is 2.96. The smallest absolute Gasteiger partial charge is 0.115 e. The van der Waals surface area contributed by atoms with Crippen LogP contribution in [0.3, 0.4) is 0 Å². The van der Waals surface area contributed by atoms with Crippen molar-refractivity contribution in [3.8, 4) is 0 Å². The summed E-state index contributed by atoms with van der Waals surface area (Å²) in [7, 11) is 1.87. The average Bonchev–Trinajstić information content (AvgIpc) is 2.59. The van der Waals surface area contributed by atoms with Crippen molar-refractivity contribution >= 4 is 0 Å². The van der Waals surface area contributed by atoms with Gasteiger partial charge in [0.25, 0.3) is 0 Å². The topological polar surface area (TPSA) is 63.8 Å². The van der Waals surface area contributed by atoms with Crippen LogP contribution in [0.4, 0.5) is 0 Å². The van der Waals surface area contributed by atoms with Gasteiger partial charge in [-0.15, -0.1) is 0 Å². The van der Waals surface area contributed by atoms with Gasteiger partial charge in [-0.3, -0.25) is 4.68 Å². The van der Waals surface area contributed by atoms with E-state index in [-0.39, 0.29) is 0 Å². The van der Waals surface area contributed by atoms with Crippen molar-refractivity contribution < 1.29 is 5.11 Å². The van der Waals surface area contributed by atoms with E-state index >= 15 is 0 Å². The minimum Gasteiger partial charge on any atom is -0.388 e. The second kappa shape index (κ2) is 4.40. The van der Waals surface area contributed by atoms with E-state index in [1.807, 2.05) is 20.0 Å². The predicted octanol–water partition coefficient (Wildman–Crippen LogP) is 0.795. The van der Waals surface area contributed by atoms with E-state index in [1.54, 1.807) is 17.1 Å². The first kappa shape index (κ1) is 10.8. The summed E-state index contributed by atoms with van der Waals surface area (Å²) in [5.41, 5.74) is 2.67. The van der Waals surface area contributed by atoms with Gasteiger partial charge in [0.2, 0.25) is 0 Å². The molecular formula is C11H14N4O. The van der Waals surface area contributed by atoms with E-state index < -0.39 is 6.10 Å². The van der Waals surface area contributed by atoms with Gasteiger partial charge in [0.1, 0.15) is 6.33 Å². The van der Waals surface area contributed by atoms with Crippen molar-refractivity contribution in [2.24, 2.45) is 7.05 Å². The largest absolute Gasteiger partial charge is 0.388 e. The molecule has 5 heteroatoms. The van der Waals surface area contributed by atoms with Crippen LogP contribution in [0.2, 0.25) is 0 Å². The molecule has 0 aliphatic heterocycles. The van der Waals surface area contributed by atoms with E-state index in [2.05, 4.69) is 15.1 Å². The molecule has 2 rings (SSSR count). The van der Waals surface area contributed by atoms with E-state index in [4.69, 9.17) is 0 Å². The summed E-state index contributed by atoms with van der Waals surface area (Å²) in [6, 6.07) is 1.97. The van der Waals surface area contributed by atoms with Crippen molar-refractivity contribution in [3.05, 3.63) is 41.7 Å². The number of hydrogen-bond donors (Lipinski definition) is 1. The molecule has 0 aromatic carbocycles. The highest BCUT2D eigenvalue weighted by atomic mass is 16.3. The number of hydrogen-bond acceptors (Lipinski definition) is 4. The van der Waals surface area contributed by atoms with Crippen LogP contribution in [-0.2, 0) is 13.5 Å². The molecule has 0 amide bonds. The predicted molar refractivity (Wildman–Crippen MR) is 58.6 cm³/mol. The maximum absolute atomic E-state index is 9.99. The van der Waals surface area contributed by atoms with Crippen LogP contribution in [0.5, 0.6) is 0 Å². The molecule has 84 valence electrons. The van der Waals surface area contributed by atoms with Crippen molar-refractivity contribution in [1.82, 2.24) is 19.7 Å². The molecule has 0 radical (unpaired) electrons. The number of aliphatic hydroxyl groups is 1. The lowest BCUT2D eigenvalue weighted by Gasteiger charge is -2.09. The summed E-state index contributed by atoms with van der Waals surface area (Å²) in [5.74, 6) is 0. The Bertz CT molecular complexity index is 466. The van der Waals surface area contributed by atoms with Gasteiger partial charge in [0, 0.05) is 37.1 Å². The zero-order chi connectivity index (χ0) is 11.5. The van der Waals surface area contributed by atoms with Gasteiger partial charge in [0.05, 0.1) is 11.8 Å². The van der Waals surface area contributed by atoms with Gasteiger partial charge in [-0.25, -0.2) is 9.97 Å². The quantitative estimate of drug-likeness (QED) is 0.827. The maximum Gasteiger partial charge on any atom is 0.115 e. The van der Waals surface area contributed by atoms with Crippen molar-refractivity contribution in [2.75, 3.05) is 0 Å². The summed E-state index contributed by atoms with van der Waals surface area (Å²) in [4.78, 5) is 7.76. The van der Waals surface area contributed by atoms with Gasteiger partial charge >= 0.3 is 0 Å². The molecule has 16 heavy (non-hydrogen) atoms. The summed E-state index contributed by atoms with van der Waals surface area (Å²) >= 11 is 0. The molecule has 2 heterocycles. The molecule has 1 unspecified atom stereocenters. The molecule has 2 aromatic heterocycles. The Labute approximate surface area is 93.8 Å². The normalized spacial score (nSPS) is 12.7. The highest BCUT2D eigenvalue weighted by molar-refractivity contribution is 5.14. The van der Waals surface area contributed by atoms with Crippen LogP contribution < -0.4 is 0 Å². The summed E-state index contributed by atoms with van der Waals surface area (Å²) < 4.78 is 1.78. The Morgan fingerprint density at radius 1 is 1.38 bits per heavy atom. The van der Waals surface area contributed by atoms with Crippen molar-refractivity contribution in [3.63, 3.8) is 0 Å². The minimum absolute atomic E-state index is 0.519. The Balaban J connectivity index is 2.14. The molecule has 0 spiro atoms. The van der Waals surface area contributed by atoms with Gasteiger partial charge in [0.15, 0.2) is 0 Å². The van der Waals surface area contributed by atoms with Crippen LogP contribution in [0.15, 0.2) is 24.8 Å². The molecule has 0 fully saturated rings. The molecule has 0 saturated heterocycles. The molecule has 0 aliphatic rings. The Morgan fingerprint density at radius 3 is 2.62 bits per heavy atom. The fourth-order valence-electron chi connectivity index (χ4n) is 1.65. The fraction of sp³-hybridized carbons (Fsp3) is 0.364. The number of aromatic nitrogens is 4. The standard InChI is InChI=1S/C11H14N4O/c1-8-3-10(15(2)14-8)4-11(16)9-5-12-7-13-6-9/h3,5-7,11,16H,4H2,1-2H3. The fourth-order valence-corrected chi connectivity index (χ4v) is 1.65. The summed E-state index contributed by atoms with van der Waals surface area (Å²) in [6.45, 7) is 1.93. The second-order valence-corrected chi connectivity index (χ2v) is 3.79. The third kappa shape index (κ3) is 2.25. The second-order valence-electron chi connectivity index (χ2n) is 3.79. The van der Waals surface area contributed by atoms with E-state index in [9.17, 15) is 5.11 Å². The molecule has 5 nitrogen and oxygen atoms in total. The van der Waals surface area contributed by atoms with Crippen LogP contribution in [0, 0.1) is 6.92 Å². The molecule has 1 N–H and O–H groups in total. The van der Waals surface area contributed by atoms with E-state index in [0.29, 0.717) is 6.42 Å². The Morgan fingerprint density at radius 2 is 2.06 bits per heavy atom. The number of rotatable bonds is 3. The lowest BCUT2D eigenvalue weighted by atomic mass is 10.1. The zero-order valence-corrected chi connectivity index (χ0v) is 9.33. The first-order valence-electron chi connectivity index (χ1n) is 5.09. The van der Waals surface area contributed by atoms with Crippen LogP contribution in [0.1, 0.15) is 23.1 Å². The molecule has 1 atom stereocenters. The molecule has 2 aromatic rings. The Hall–Kier alpha value is -1.75. The van der Waals surface area contributed by atoms with Gasteiger partial charge in [-0.1, -0.05) is 0 Å². The van der Waals surface area contributed by atoms with Crippen LogP contribution >= 0.6 is 0 Å². The number of aliphatic hydroxyl groups excluding tert-OH is 1. The first-order valence-corrected chi connectivity index (χ1v) is 5.09. The van der Waals surface area contributed by atoms with Gasteiger partial charge in [-0.05, 0) is 13.0 Å². The summed E-state index contributed by atoms with van der Waals surface area (Å²) in [5, 5.41) is 14.2. The molecule has 0 saturated carbocycles. The third-order valence-corrected chi connectivity index (χ3v) is 2.47. The number of aryl methyl sites for hydroxylation is 2. The lowest BCUT2D eigenvalue weighted by Crippen LogP contribution is -2.06. The minimum atomic E-state index is -0.587. The van der Waals surface area contributed by atoms with E-state index in [0.717, 1.165) is 17.0 Å². The molecule has 0 bridgehead atoms. The van der Waals surface area contributed by atoms with E-state index in [1.165, 1.54) is 6.33 Å². The van der Waals surface area contributed by atoms with Gasteiger partial charge in [-0.2, -0.15) is 5.10 Å². The zero-order valence-electron chi connectivity index (χ0n) is 9.33. The maximum atomic E-state index is 9.99. The van der Waals surface area contributed by atoms with Crippen molar-refractivity contribution in [1.29, 1.82) is 0 Å². The third-order valence-electron chi connectivity index (χ3n) is 2.47. The average molecular weight is 218 g/mol.